The minimum absolute atomic E-state index is 0.218. The quantitative estimate of drug-likeness (QED) is 0.813. The second-order valence-electron chi connectivity index (χ2n) is 2.67. The molecule has 0 aliphatic carbocycles. The number of anilines is 1. The van der Waals surface area contributed by atoms with Gasteiger partial charge in [0.1, 0.15) is 5.03 Å². The highest BCUT2D eigenvalue weighted by molar-refractivity contribution is 7.99. The Morgan fingerprint density at radius 2 is 2.00 bits per heavy atom. The number of rotatable bonds is 2. The summed E-state index contributed by atoms with van der Waals surface area (Å²) in [7, 11) is 0. The normalized spacial score (nSPS) is 10.2. The van der Waals surface area contributed by atoms with Gasteiger partial charge in [-0.2, -0.15) is 0 Å². The number of hydrogen-bond donors (Lipinski definition) is 1. The number of aromatic nitrogens is 3. The summed E-state index contributed by atoms with van der Waals surface area (Å²) in [4.78, 5) is 12.8. The predicted molar refractivity (Wildman–Crippen MR) is 59.8 cm³/mol. The molecule has 0 atom stereocenters. The van der Waals surface area contributed by atoms with Crippen LogP contribution in [0.2, 0.25) is 5.02 Å². The van der Waals surface area contributed by atoms with Gasteiger partial charge in [-0.3, -0.25) is 4.98 Å². The van der Waals surface area contributed by atoms with E-state index in [9.17, 15) is 0 Å². The van der Waals surface area contributed by atoms with Crippen LogP contribution in [0.15, 0.2) is 40.6 Å². The Bertz CT molecular complexity index is 463. The molecule has 2 rings (SSSR count). The smallest absolute Gasteiger partial charge is 0.221 e. The van der Waals surface area contributed by atoms with E-state index in [0.717, 1.165) is 4.90 Å². The van der Waals surface area contributed by atoms with Crippen molar-refractivity contribution in [1.82, 2.24) is 15.0 Å². The zero-order chi connectivity index (χ0) is 10.7. The van der Waals surface area contributed by atoms with Crippen LogP contribution in [-0.4, -0.2) is 15.0 Å². The molecule has 0 amide bonds. The van der Waals surface area contributed by atoms with Gasteiger partial charge < -0.3 is 5.73 Å². The van der Waals surface area contributed by atoms with E-state index in [0.29, 0.717) is 10.0 Å². The summed E-state index contributed by atoms with van der Waals surface area (Å²) in [6.07, 6.45) is 4.91. The van der Waals surface area contributed by atoms with Crippen LogP contribution in [0.25, 0.3) is 0 Å². The molecule has 2 heterocycles. The van der Waals surface area contributed by atoms with Gasteiger partial charge in [-0.1, -0.05) is 23.4 Å². The topological polar surface area (TPSA) is 64.7 Å². The van der Waals surface area contributed by atoms with Gasteiger partial charge in [-0.15, -0.1) is 0 Å². The number of nitrogens with two attached hydrogens (primary N) is 1. The Balaban J connectivity index is 2.28. The summed E-state index contributed by atoms with van der Waals surface area (Å²) in [6.45, 7) is 0. The van der Waals surface area contributed by atoms with Crippen molar-refractivity contribution < 1.29 is 0 Å². The number of halogens is 1. The molecule has 0 radical (unpaired) electrons. The molecule has 0 unspecified atom stereocenters. The van der Waals surface area contributed by atoms with Crippen LogP contribution in [-0.2, 0) is 0 Å². The minimum atomic E-state index is 0.218. The Morgan fingerprint density at radius 3 is 2.73 bits per heavy atom. The molecule has 0 saturated carbocycles. The van der Waals surface area contributed by atoms with Gasteiger partial charge in [0.15, 0.2) is 0 Å². The zero-order valence-corrected chi connectivity index (χ0v) is 9.16. The molecule has 0 aliphatic heterocycles. The van der Waals surface area contributed by atoms with E-state index in [1.807, 2.05) is 12.1 Å². The molecule has 0 aromatic carbocycles. The average Bonchev–Trinajstić information content (AvgIpc) is 2.25. The third-order valence-electron chi connectivity index (χ3n) is 1.59. The second kappa shape index (κ2) is 4.46. The van der Waals surface area contributed by atoms with Crippen molar-refractivity contribution in [2.45, 2.75) is 9.92 Å². The van der Waals surface area contributed by atoms with Crippen LogP contribution in [0.4, 0.5) is 5.95 Å². The summed E-state index contributed by atoms with van der Waals surface area (Å²) >= 11 is 7.35. The lowest BCUT2D eigenvalue weighted by Crippen LogP contribution is -1.95. The maximum atomic E-state index is 5.93. The summed E-state index contributed by atoms with van der Waals surface area (Å²) in [5, 5.41) is 1.14. The van der Waals surface area contributed by atoms with E-state index in [1.54, 1.807) is 12.4 Å². The van der Waals surface area contributed by atoms with E-state index < -0.39 is 0 Å². The van der Waals surface area contributed by atoms with E-state index in [1.165, 1.54) is 18.0 Å². The van der Waals surface area contributed by atoms with E-state index in [-0.39, 0.29) is 5.95 Å². The van der Waals surface area contributed by atoms with Crippen molar-refractivity contribution in [1.29, 1.82) is 0 Å². The fraction of sp³-hybridized carbons (Fsp3) is 0. The van der Waals surface area contributed by atoms with Crippen LogP contribution in [0.1, 0.15) is 0 Å². The van der Waals surface area contributed by atoms with Crippen LogP contribution in [0.5, 0.6) is 0 Å². The standard InChI is InChI=1S/C9H7ClN4S/c10-7-5-13-9(11)14-8(7)15-6-1-3-12-4-2-6/h1-5H,(H2,11,13,14). The van der Waals surface area contributed by atoms with E-state index in [4.69, 9.17) is 17.3 Å². The van der Waals surface area contributed by atoms with Crippen molar-refractivity contribution in [2.75, 3.05) is 5.73 Å². The first kappa shape index (κ1) is 10.2. The average molecular weight is 239 g/mol. The van der Waals surface area contributed by atoms with Crippen molar-refractivity contribution >= 4 is 29.3 Å². The lowest BCUT2D eigenvalue weighted by atomic mass is 10.5. The van der Waals surface area contributed by atoms with Crippen LogP contribution < -0.4 is 5.73 Å². The van der Waals surface area contributed by atoms with Gasteiger partial charge in [0, 0.05) is 17.3 Å². The Morgan fingerprint density at radius 1 is 1.27 bits per heavy atom. The lowest BCUT2D eigenvalue weighted by Gasteiger charge is -2.02. The van der Waals surface area contributed by atoms with Crippen LogP contribution in [0, 0.1) is 0 Å². The maximum Gasteiger partial charge on any atom is 0.221 e. The van der Waals surface area contributed by atoms with E-state index in [2.05, 4.69) is 15.0 Å². The van der Waals surface area contributed by atoms with Gasteiger partial charge in [-0.25, -0.2) is 9.97 Å². The van der Waals surface area contributed by atoms with Gasteiger partial charge in [0.25, 0.3) is 0 Å². The van der Waals surface area contributed by atoms with E-state index >= 15 is 0 Å². The first-order valence-electron chi connectivity index (χ1n) is 4.11. The predicted octanol–water partition coefficient (Wildman–Crippen LogP) is 2.26. The molecular formula is C9H7ClN4S. The SMILES string of the molecule is Nc1ncc(Cl)c(Sc2ccncc2)n1. The summed E-state index contributed by atoms with van der Waals surface area (Å²) < 4.78 is 0. The van der Waals surface area contributed by atoms with Crippen molar-refractivity contribution in [2.24, 2.45) is 0 Å². The lowest BCUT2D eigenvalue weighted by molar-refractivity contribution is 1.06. The summed E-state index contributed by atoms with van der Waals surface area (Å²) in [5.41, 5.74) is 5.47. The van der Waals surface area contributed by atoms with Crippen molar-refractivity contribution in [3.8, 4) is 0 Å². The first-order chi connectivity index (χ1) is 7.25. The Kier molecular flexibility index (Phi) is 3.03. The molecule has 6 heteroatoms. The molecule has 76 valence electrons. The zero-order valence-electron chi connectivity index (χ0n) is 7.59. The molecule has 0 aliphatic rings. The highest BCUT2D eigenvalue weighted by atomic mass is 35.5. The summed E-state index contributed by atoms with van der Waals surface area (Å²) in [6, 6.07) is 3.75. The van der Waals surface area contributed by atoms with Gasteiger partial charge >= 0.3 is 0 Å². The molecular weight excluding hydrogens is 232 g/mol. The Hall–Kier alpha value is -1.33. The fourth-order valence-corrected chi connectivity index (χ4v) is 1.93. The molecule has 2 aromatic rings. The third kappa shape index (κ3) is 2.57. The molecule has 0 fully saturated rings. The monoisotopic (exact) mass is 238 g/mol. The number of pyridine rings is 1. The highest BCUT2D eigenvalue weighted by Gasteiger charge is 2.05. The Labute approximate surface area is 95.9 Å². The second-order valence-corrected chi connectivity index (χ2v) is 4.14. The van der Waals surface area contributed by atoms with Gasteiger partial charge in [0.2, 0.25) is 5.95 Å². The minimum Gasteiger partial charge on any atom is -0.368 e. The fourth-order valence-electron chi connectivity index (χ4n) is 0.954. The van der Waals surface area contributed by atoms with Crippen LogP contribution >= 0.6 is 23.4 Å². The summed E-state index contributed by atoms with van der Waals surface area (Å²) in [5.74, 6) is 0.218. The van der Waals surface area contributed by atoms with Gasteiger partial charge in [-0.05, 0) is 12.1 Å². The largest absolute Gasteiger partial charge is 0.368 e. The molecule has 0 spiro atoms. The first-order valence-corrected chi connectivity index (χ1v) is 5.31. The number of nitrogen functional groups attached to an aromatic ring is 1. The molecule has 0 saturated heterocycles. The maximum absolute atomic E-state index is 5.93. The molecule has 15 heavy (non-hydrogen) atoms. The number of nitrogens with zero attached hydrogens (tertiary/aromatic N) is 3. The molecule has 0 bridgehead atoms. The van der Waals surface area contributed by atoms with Crippen molar-refractivity contribution in [3.05, 3.63) is 35.7 Å². The van der Waals surface area contributed by atoms with Gasteiger partial charge in [0.05, 0.1) is 11.2 Å². The highest BCUT2D eigenvalue weighted by Crippen LogP contribution is 2.30. The number of hydrogen-bond acceptors (Lipinski definition) is 5. The molecule has 4 nitrogen and oxygen atoms in total. The third-order valence-corrected chi connectivity index (χ3v) is 3.00. The van der Waals surface area contributed by atoms with Crippen molar-refractivity contribution in [3.63, 3.8) is 0 Å². The van der Waals surface area contributed by atoms with Crippen LogP contribution in [0.3, 0.4) is 0 Å². The molecule has 2 N–H and O–H groups in total. The molecule has 2 aromatic heterocycles.